The normalized spacial score (nSPS) is 10.5. The van der Waals surface area contributed by atoms with Crippen molar-refractivity contribution in [2.75, 3.05) is 6.54 Å². The van der Waals surface area contributed by atoms with E-state index in [1.54, 1.807) is 0 Å². The van der Waals surface area contributed by atoms with Gasteiger partial charge in [0.1, 0.15) is 15.8 Å². The van der Waals surface area contributed by atoms with Crippen molar-refractivity contribution < 1.29 is 14.0 Å². The van der Waals surface area contributed by atoms with Gasteiger partial charge in [-0.25, -0.2) is 4.39 Å². The first-order valence-corrected chi connectivity index (χ1v) is 7.70. The number of nitrogens with one attached hydrogen (secondary N) is 1. The number of aryl methyl sites for hydroxylation is 1. The van der Waals surface area contributed by atoms with Crippen LogP contribution in [0.4, 0.5) is 4.39 Å². The van der Waals surface area contributed by atoms with Crippen LogP contribution >= 0.6 is 11.3 Å². The van der Waals surface area contributed by atoms with Crippen molar-refractivity contribution in [1.29, 1.82) is 0 Å². The number of rotatable bonds is 7. The van der Waals surface area contributed by atoms with Crippen LogP contribution in [0.2, 0.25) is 0 Å². The Labute approximate surface area is 131 Å². The molecule has 116 valence electrons. The van der Waals surface area contributed by atoms with E-state index in [9.17, 15) is 14.0 Å². The molecule has 0 bridgehead atoms. The van der Waals surface area contributed by atoms with Gasteiger partial charge in [-0.05, 0) is 31.2 Å². The van der Waals surface area contributed by atoms with Crippen LogP contribution in [0.1, 0.15) is 33.2 Å². The zero-order chi connectivity index (χ0) is 15.9. The molecule has 0 aliphatic carbocycles. The van der Waals surface area contributed by atoms with E-state index in [-0.39, 0.29) is 30.3 Å². The predicted octanol–water partition coefficient (Wildman–Crippen LogP) is 2.31. The van der Waals surface area contributed by atoms with E-state index in [4.69, 9.17) is 0 Å². The highest BCUT2D eigenvalue weighted by Gasteiger charge is 2.09. The molecule has 1 N–H and O–H groups in total. The molecular formula is C15H16FN3O2S. The minimum Gasteiger partial charge on any atom is -0.356 e. The van der Waals surface area contributed by atoms with Crippen molar-refractivity contribution in [3.63, 3.8) is 0 Å². The summed E-state index contributed by atoms with van der Waals surface area (Å²) < 4.78 is 12.8. The van der Waals surface area contributed by atoms with E-state index in [0.29, 0.717) is 18.5 Å². The highest BCUT2D eigenvalue weighted by molar-refractivity contribution is 7.11. The van der Waals surface area contributed by atoms with Gasteiger partial charge in [-0.2, -0.15) is 0 Å². The molecule has 0 saturated carbocycles. The summed E-state index contributed by atoms with van der Waals surface area (Å²) in [5, 5.41) is 12.4. The van der Waals surface area contributed by atoms with Crippen LogP contribution < -0.4 is 5.32 Å². The molecule has 22 heavy (non-hydrogen) atoms. The van der Waals surface area contributed by atoms with E-state index in [2.05, 4.69) is 15.5 Å². The summed E-state index contributed by atoms with van der Waals surface area (Å²) in [5.41, 5.74) is 0.415. The lowest BCUT2D eigenvalue weighted by Crippen LogP contribution is -2.26. The number of hydrogen-bond acceptors (Lipinski definition) is 5. The summed E-state index contributed by atoms with van der Waals surface area (Å²) in [5.74, 6) is -0.743. The molecule has 0 fully saturated rings. The second-order valence-corrected chi connectivity index (χ2v) is 6.01. The third-order valence-corrected chi connectivity index (χ3v) is 3.87. The number of carbonyl (C=O) groups excluding carboxylic acids is 2. The Morgan fingerprint density at radius 3 is 2.55 bits per heavy atom. The second-order valence-electron chi connectivity index (χ2n) is 4.74. The number of aromatic nitrogens is 2. The summed E-state index contributed by atoms with van der Waals surface area (Å²) in [6.45, 7) is 2.35. The fourth-order valence-corrected chi connectivity index (χ4v) is 2.55. The summed E-state index contributed by atoms with van der Waals surface area (Å²) in [4.78, 5) is 23.5. The Hall–Kier alpha value is -2.15. The molecule has 2 rings (SSSR count). The molecule has 0 aliphatic rings. The van der Waals surface area contributed by atoms with Crippen molar-refractivity contribution in [2.24, 2.45) is 0 Å². The summed E-state index contributed by atoms with van der Waals surface area (Å²) >= 11 is 1.50. The van der Waals surface area contributed by atoms with Gasteiger partial charge in [-0.15, -0.1) is 21.5 Å². The molecule has 0 radical (unpaired) electrons. The van der Waals surface area contributed by atoms with Crippen molar-refractivity contribution in [2.45, 2.75) is 26.2 Å². The van der Waals surface area contributed by atoms with Crippen LogP contribution in [0.15, 0.2) is 24.3 Å². The van der Waals surface area contributed by atoms with Crippen LogP contribution in [0.25, 0.3) is 0 Å². The van der Waals surface area contributed by atoms with Crippen molar-refractivity contribution in [3.8, 4) is 0 Å². The third kappa shape index (κ3) is 5.00. The third-order valence-electron chi connectivity index (χ3n) is 2.97. The van der Waals surface area contributed by atoms with Gasteiger partial charge in [0.2, 0.25) is 5.91 Å². The number of ketones is 1. The van der Waals surface area contributed by atoms with Gasteiger partial charge in [0.05, 0.1) is 0 Å². The number of carbonyl (C=O) groups is 2. The number of nitrogens with zero attached hydrogens (tertiary/aromatic N) is 2. The lowest BCUT2D eigenvalue weighted by Gasteiger charge is -2.04. The molecule has 0 spiro atoms. The second kappa shape index (κ2) is 7.74. The number of Topliss-reactive ketones (excluding diaryl/α,β-unsaturated/α-hetero) is 1. The Balaban J connectivity index is 1.68. The van der Waals surface area contributed by atoms with Gasteiger partial charge in [-0.1, -0.05) is 0 Å². The molecule has 1 heterocycles. The topological polar surface area (TPSA) is 72.0 Å². The van der Waals surface area contributed by atoms with Crippen molar-refractivity contribution in [1.82, 2.24) is 15.5 Å². The van der Waals surface area contributed by atoms with Gasteiger partial charge >= 0.3 is 0 Å². The Morgan fingerprint density at radius 1 is 1.18 bits per heavy atom. The maximum atomic E-state index is 12.8. The maximum absolute atomic E-state index is 12.8. The largest absolute Gasteiger partial charge is 0.356 e. The van der Waals surface area contributed by atoms with Crippen molar-refractivity contribution in [3.05, 3.63) is 45.7 Å². The molecule has 0 saturated heterocycles. The van der Waals surface area contributed by atoms with E-state index < -0.39 is 0 Å². The summed E-state index contributed by atoms with van der Waals surface area (Å²) in [6.07, 6.45) is 0.851. The minimum absolute atomic E-state index is 0.107. The van der Waals surface area contributed by atoms with Crippen LogP contribution in [0, 0.1) is 12.7 Å². The lowest BCUT2D eigenvalue weighted by molar-refractivity contribution is -0.121. The monoisotopic (exact) mass is 321 g/mol. The SMILES string of the molecule is Cc1nnc(CCNC(=O)CCC(=O)c2ccc(F)cc2)s1. The molecular weight excluding hydrogens is 305 g/mol. The Kier molecular flexibility index (Phi) is 5.71. The highest BCUT2D eigenvalue weighted by atomic mass is 32.1. The lowest BCUT2D eigenvalue weighted by atomic mass is 10.1. The number of hydrogen-bond donors (Lipinski definition) is 1. The quantitative estimate of drug-likeness (QED) is 0.794. The average Bonchev–Trinajstić information content (AvgIpc) is 2.91. The highest BCUT2D eigenvalue weighted by Crippen LogP contribution is 2.09. The summed E-state index contributed by atoms with van der Waals surface area (Å²) in [6, 6.07) is 5.31. The molecule has 0 unspecified atom stereocenters. The van der Waals surface area contributed by atoms with Crippen LogP contribution in [-0.4, -0.2) is 28.4 Å². The maximum Gasteiger partial charge on any atom is 0.220 e. The number of benzene rings is 1. The average molecular weight is 321 g/mol. The molecule has 5 nitrogen and oxygen atoms in total. The van der Waals surface area contributed by atoms with E-state index in [1.807, 2.05) is 6.92 Å². The predicted molar refractivity (Wildman–Crippen MR) is 81.3 cm³/mol. The van der Waals surface area contributed by atoms with Gasteiger partial charge in [0.25, 0.3) is 0 Å². The van der Waals surface area contributed by atoms with Gasteiger partial charge < -0.3 is 5.32 Å². The molecule has 1 aromatic carbocycles. The Bertz CT molecular complexity index is 655. The first kappa shape index (κ1) is 16.2. The minimum atomic E-state index is -0.388. The smallest absolute Gasteiger partial charge is 0.220 e. The zero-order valence-corrected chi connectivity index (χ0v) is 13.0. The number of amides is 1. The van der Waals surface area contributed by atoms with E-state index in [1.165, 1.54) is 35.6 Å². The standard InChI is InChI=1S/C15H16FN3O2S/c1-10-18-19-15(22-10)8-9-17-14(21)7-6-13(20)11-2-4-12(16)5-3-11/h2-5H,6-9H2,1H3,(H,17,21). The molecule has 1 amide bonds. The first-order valence-electron chi connectivity index (χ1n) is 6.89. The van der Waals surface area contributed by atoms with Gasteiger partial charge in [0.15, 0.2) is 5.78 Å². The van der Waals surface area contributed by atoms with Crippen molar-refractivity contribution >= 4 is 23.0 Å². The molecule has 0 aliphatic heterocycles. The first-order chi connectivity index (χ1) is 10.5. The fraction of sp³-hybridized carbons (Fsp3) is 0.333. The van der Waals surface area contributed by atoms with Crippen LogP contribution in [0.3, 0.4) is 0 Å². The molecule has 1 aromatic heterocycles. The summed E-state index contributed by atoms with van der Waals surface area (Å²) in [7, 11) is 0. The van der Waals surface area contributed by atoms with Gasteiger partial charge in [-0.3, -0.25) is 9.59 Å². The Morgan fingerprint density at radius 2 is 1.91 bits per heavy atom. The zero-order valence-electron chi connectivity index (χ0n) is 12.1. The molecule has 0 atom stereocenters. The molecule has 7 heteroatoms. The van der Waals surface area contributed by atoms with Gasteiger partial charge in [0, 0.05) is 31.4 Å². The van der Waals surface area contributed by atoms with Crippen LogP contribution in [0.5, 0.6) is 0 Å². The molecule has 2 aromatic rings. The fourth-order valence-electron chi connectivity index (χ4n) is 1.84. The van der Waals surface area contributed by atoms with E-state index in [0.717, 1.165) is 10.0 Å². The van der Waals surface area contributed by atoms with Crippen LogP contribution in [-0.2, 0) is 11.2 Å². The van der Waals surface area contributed by atoms with E-state index >= 15 is 0 Å². The number of halogens is 1.